The molecule has 0 spiro atoms. The molecular weight excluding hydrogens is 202 g/mol. The Hall–Kier alpha value is -1.55. The Morgan fingerprint density at radius 1 is 1.12 bits per heavy atom. The molecule has 1 unspecified atom stereocenters. The lowest BCUT2D eigenvalue weighted by Crippen LogP contribution is -2.25. The molecule has 1 atom stereocenters. The lowest BCUT2D eigenvalue weighted by Gasteiger charge is -2.17. The minimum absolute atomic E-state index is 0.156. The normalized spacial score (nSPS) is 13.5. The summed E-state index contributed by atoms with van der Waals surface area (Å²) in [7, 11) is 0. The number of H-pyrrole nitrogens is 2. The van der Waals surface area contributed by atoms with Crippen molar-refractivity contribution in [2.45, 2.75) is 32.9 Å². The van der Waals surface area contributed by atoms with Gasteiger partial charge in [-0.2, -0.15) is 0 Å². The third kappa shape index (κ3) is 2.17. The van der Waals surface area contributed by atoms with Gasteiger partial charge in [0.1, 0.15) is 0 Å². The van der Waals surface area contributed by atoms with E-state index in [2.05, 4.69) is 36.1 Å². The van der Waals surface area contributed by atoms with Crippen molar-refractivity contribution in [1.82, 2.24) is 15.3 Å². The molecule has 0 amide bonds. The number of aromatic amines is 2. The molecular formula is C12H17N3O. The molecule has 0 saturated carbocycles. The molecule has 0 aliphatic carbocycles. The summed E-state index contributed by atoms with van der Waals surface area (Å²) in [5.41, 5.74) is 2.73. The molecule has 0 aliphatic heterocycles. The van der Waals surface area contributed by atoms with E-state index >= 15 is 0 Å². The van der Waals surface area contributed by atoms with Crippen molar-refractivity contribution < 1.29 is 0 Å². The number of rotatable bonds is 3. The number of imidazole rings is 1. The molecule has 0 fully saturated rings. The Morgan fingerprint density at radius 3 is 2.50 bits per heavy atom. The maximum atomic E-state index is 11.1. The largest absolute Gasteiger partial charge is 0.323 e. The van der Waals surface area contributed by atoms with E-state index in [9.17, 15) is 4.79 Å². The van der Waals surface area contributed by atoms with E-state index in [1.807, 2.05) is 18.2 Å². The van der Waals surface area contributed by atoms with Crippen molar-refractivity contribution in [3.63, 3.8) is 0 Å². The van der Waals surface area contributed by atoms with Gasteiger partial charge in [-0.05, 0) is 24.6 Å². The Morgan fingerprint density at radius 2 is 1.81 bits per heavy atom. The number of aromatic nitrogens is 2. The van der Waals surface area contributed by atoms with Crippen LogP contribution in [0.2, 0.25) is 0 Å². The highest BCUT2D eigenvalue weighted by Gasteiger charge is 2.07. The molecule has 16 heavy (non-hydrogen) atoms. The summed E-state index contributed by atoms with van der Waals surface area (Å²) in [6.45, 7) is 6.35. The highest BCUT2D eigenvalue weighted by molar-refractivity contribution is 5.75. The van der Waals surface area contributed by atoms with Gasteiger partial charge in [-0.1, -0.05) is 19.9 Å². The highest BCUT2D eigenvalue weighted by Crippen LogP contribution is 2.17. The van der Waals surface area contributed by atoms with Crippen molar-refractivity contribution in [3.05, 3.63) is 34.2 Å². The molecule has 3 N–H and O–H groups in total. The molecule has 1 heterocycles. The Kier molecular flexibility index (Phi) is 2.83. The van der Waals surface area contributed by atoms with E-state index in [4.69, 9.17) is 0 Å². The van der Waals surface area contributed by atoms with Gasteiger partial charge in [0.25, 0.3) is 0 Å². The number of hydrogen-bond donors (Lipinski definition) is 3. The van der Waals surface area contributed by atoms with Crippen molar-refractivity contribution in [3.8, 4) is 0 Å². The van der Waals surface area contributed by atoms with Gasteiger partial charge in [0.15, 0.2) is 0 Å². The fraction of sp³-hybridized carbons (Fsp3) is 0.417. The Labute approximate surface area is 94.1 Å². The van der Waals surface area contributed by atoms with Crippen LogP contribution in [0.15, 0.2) is 23.0 Å². The van der Waals surface area contributed by atoms with E-state index in [1.165, 1.54) is 5.56 Å². The monoisotopic (exact) mass is 219 g/mol. The van der Waals surface area contributed by atoms with Gasteiger partial charge < -0.3 is 15.3 Å². The van der Waals surface area contributed by atoms with E-state index in [0.717, 1.165) is 11.0 Å². The van der Waals surface area contributed by atoms with Crippen LogP contribution in [0.4, 0.5) is 0 Å². The molecule has 0 saturated heterocycles. The molecule has 0 radical (unpaired) electrons. The summed E-state index contributed by atoms with van der Waals surface area (Å²) >= 11 is 0. The zero-order valence-corrected chi connectivity index (χ0v) is 9.79. The van der Waals surface area contributed by atoms with Crippen molar-refractivity contribution in [2.75, 3.05) is 0 Å². The molecule has 86 valence electrons. The van der Waals surface area contributed by atoms with Crippen LogP contribution in [0, 0.1) is 0 Å². The molecule has 2 aromatic rings. The van der Waals surface area contributed by atoms with Crippen molar-refractivity contribution in [1.29, 1.82) is 0 Å². The van der Waals surface area contributed by atoms with Crippen LogP contribution in [0.25, 0.3) is 11.0 Å². The molecule has 2 rings (SSSR count). The summed E-state index contributed by atoms with van der Waals surface area (Å²) in [6, 6.07) is 6.69. The van der Waals surface area contributed by atoms with Gasteiger partial charge in [-0.25, -0.2) is 4.79 Å². The lowest BCUT2D eigenvalue weighted by molar-refractivity contribution is 0.506. The smallest absolute Gasteiger partial charge is 0.308 e. The van der Waals surface area contributed by atoms with Crippen molar-refractivity contribution >= 4 is 11.0 Å². The summed E-state index contributed by atoms with van der Waals surface area (Å²) in [5.74, 6) is 0. The first-order valence-corrected chi connectivity index (χ1v) is 5.54. The Bertz CT molecular complexity index is 538. The summed E-state index contributed by atoms with van der Waals surface area (Å²) in [6.07, 6.45) is 0. The standard InChI is InChI=1S/C12H17N3O/c1-7(2)13-8(3)9-4-5-10-11(6-9)15-12(16)14-10/h4-8,13H,1-3H3,(H2,14,15,16). The Balaban J connectivity index is 2.34. The van der Waals surface area contributed by atoms with Crippen LogP contribution < -0.4 is 11.0 Å². The highest BCUT2D eigenvalue weighted by atomic mass is 16.1. The quantitative estimate of drug-likeness (QED) is 0.738. The number of fused-ring (bicyclic) bond motifs is 1. The van der Waals surface area contributed by atoms with Gasteiger partial charge in [0.05, 0.1) is 11.0 Å². The second-order valence-electron chi connectivity index (χ2n) is 4.43. The fourth-order valence-corrected chi connectivity index (χ4v) is 1.92. The molecule has 1 aromatic carbocycles. The first-order valence-electron chi connectivity index (χ1n) is 5.54. The first-order chi connectivity index (χ1) is 7.56. The zero-order chi connectivity index (χ0) is 11.7. The van der Waals surface area contributed by atoms with Crippen LogP contribution in [0.5, 0.6) is 0 Å². The van der Waals surface area contributed by atoms with Crippen LogP contribution in [0.1, 0.15) is 32.4 Å². The second-order valence-corrected chi connectivity index (χ2v) is 4.43. The topological polar surface area (TPSA) is 60.7 Å². The van der Waals surface area contributed by atoms with E-state index < -0.39 is 0 Å². The average Bonchev–Trinajstić information content (AvgIpc) is 2.55. The number of nitrogens with one attached hydrogen (secondary N) is 3. The minimum atomic E-state index is -0.156. The molecule has 1 aromatic heterocycles. The maximum absolute atomic E-state index is 11.1. The van der Waals surface area contributed by atoms with E-state index in [-0.39, 0.29) is 11.7 Å². The van der Waals surface area contributed by atoms with Crippen LogP contribution >= 0.6 is 0 Å². The first kappa shape index (κ1) is 11.0. The second kappa shape index (κ2) is 4.14. The van der Waals surface area contributed by atoms with E-state index in [1.54, 1.807) is 0 Å². The van der Waals surface area contributed by atoms with Crippen LogP contribution in [-0.2, 0) is 0 Å². The van der Waals surface area contributed by atoms with Gasteiger partial charge in [-0.15, -0.1) is 0 Å². The van der Waals surface area contributed by atoms with Gasteiger partial charge in [0.2, 0.25) is 0 Å². The SMILES string of the molecule is CC(C)NC(C)c1ccc2[nH]c(=O)[nH]c2c1. The lowest BCUT2D eigenvalue weighted by atomic mass is 10.1. The average molecular weight is 219 g/mol. The zero-order valence-electron chi connectivity index (χ0n) is 9.79. The predicted octanol–water partition coefficient (Wildman–Crippen LogP) is 1.92. The molecule has 0 bridgehead atoms. The number of hydrogen-bond acceptors (Lipinski definition) is 2. The van der Waals surface area contributed by atoms with Gasteiger partial charge in [-0.3, -0.25) is 0 Å². The van der Waals surface area contributed by atoms with Gasteiger partial charge in [0, 0.05) is 12.1 Å². The number of benzene rings is 1. The summed E-state index contributed by atoms with van der Waals surface area (Å²) < 4.78 is 0. The maximum Gasteiger partial charge on any atom is 0.323 e. The third-order valence-corrected chi connectivity index (χ3v) is 2.62. The van der Waals surface area contributed by atoms with Gasteiger partial charge >= 0.3 is 5.69 Å². The predicted molar refractivity (Wildman–Crippen MR) is 65.6 cm³/mol. The molecule has 4 heteroatoms. The van der Waals surface area contributed by atoms with Crippen molar-refractivity contribution in [2.24, 2.45) is 0 Å². The van der Waals surface area contributed by atoms with Crippen LogP contribution in [-0.4, -0.2) is 16.0 Å². The molecule has 0 aliphatic rings. The summed E-state index contributed by atoms with van der Waals surface area (Å²) in [5, 5.41) is 3.43. The minimum Gasteiger partial charge on any atom is -0.308 e. The third-order valence-electron chi connectivity index (χ3n) is 2.62. The molecule has 4 nitrogen and oxygen atoms in total. The van der Waals surface area contributed by atoms with E-state index in [0.29, 0.717) is 6.04 Å². The fourth-order valence-electron chi connectivity index (χ4n) is 1.92. The van der Waals surface area contributed by atoms with Crippen LogP contribution in [0.3, 0.4) is 0 Å². The summed E-state index contributed by atoms with van der Waals surface area (Å²) in [4.78, 5) is 16.6.